The quantitative estimate of drug-likeness (QED) is 0.680. The highest BCUT2D eigenvalue weighted by Crippen LogP contribution is 2.38. The molecule has 1 aliphatic heterocycles. The van der Waals surface area contributed by atoms with Gasteiger partial charge < -0.3 is 15.4 Å². The predicted molar refractivity (Wildman–Crippen MR) is 116 cm³/mol. The lowest BCUT2D eigenvalue weighted by Gasteiger charge is -2.30. The van der Waals surface area contributed by atoms with Crippen molar-refractivity contribution >= 4 is 40.3 Å². The van der Waals surface area contributed by atoms with Gasteiger partial charge in [0, 0.05) is 5.38 Å². The van der Waals surface area contributed by atoms with Crippen LogP contribution in [0.2, 0.25) is 0 Å². The molecule has 3 atom stereocenters. The number of thiazole rings is 1. The summed E-state index contributed by atoms with van der Waals surface area (Å²) in [5.41, 5.74) is -0.647. The van der Waals surface area contributed by atoms with Crippen molar-refractivity contribution in [1.82, 2.24) is 15.6 Å². The molecular weight excluding hydrogens is 422 g/mol. The number of ether oxygens (including phenoxy) is 1. The molecular formula is C21H25N3O4S2. The Balaban J connectivity index is 1.48. The van der Waals surface area contributed by atoms with Crippen molar-refractivity contribution in [2.75, 3.05) is 6.61 Å². The minimum Gasteiger partial charge on any atom is -0.367 e. The Morgan fingerprint density at radius 3 is 2.93 bits per heavy atom. The van der Waals surface area contributed by atoms with Crippen LogP contribution in [0.5, 0.6) is 0 Å². The molecule has 0 radical (unpaired) electrons. The van der Waals surface area contributed by atoms with Crippen molar-refractivity contribution in [3.8, 4) is 9.88 Å². The van der Waals surface area contributed by atoms with Crippen molar-refractivity contribution in [2.45, 2.75) is 57.2 Å². The minimum absolute atomic E-state index is 0.0382. The molecule has 2 aromatic heterocycles. The minimum atomic E-state index is -0.940. The van der Waals surface area contributed by atoms with E-state index in [4.69, 9.17) is 4.74 Å². The van der Waals surface area contributed by atoms with Crippen LogP contribution in [0.3, 0.4) is 0 Å². The third kappa shape index (κ3) is 4.06. The third-order valence-corrected chi connectivity index (χ3v) is 7.53. The fourth-order valence-corrected chi connectivity index (χ4v) is 5.78. The summed E-state index contributed by atoms with van der Waals surface area (Å²) in [6.45, 7) is 4.02. The van der Waals surface area contributed by atoms with E-state index < -0.39 is 11.6 Å². The van der Waals surface area contributed by atoms with Gasteiger partial charge in [0.15, 0.2) is 5.78 Å². The Labute approximate surface area is 183 Å². The molecule has 9 heteroatoms. The van der Waals surface area contributed by atoms with Crippen LogP contribution in [0.4, 0.5) is 0 Å². The zero-order valence-corrected chi connectivity index (χ0v) is 18.6. The number of fused-ring (bicyclic) bond motifs is 1. The molecule has 2 aliphatic rings. The van der Waals surface area contributed by atoms with E-state index in [1.54, 1.807) is 16.7 Å². The van der Waals surface area contributed by atoms with E-state index in [9.17, 15) is 14.4 Å². The zero-order chi connectivity index (χ0) is 21.3. The first kappa shape index (κ1) is 21.1. The third-order valence-electron chi connectivity index (χ3n) is 5.64. The first-order valence-corrected chi connectivity index (χ1v) is 11.9. The number of carbonyl (C=O) groups is 3. The van der Waals surface area contributed by atoms with Gasteiger partial charge in [-0.2, -0.15) is 0 Å². The standard InChI is InChI=1S/C21H25N3O4S2/c1-12(2)9-13(19(27)24-21-7-3-6-17(21)28-10-16(21)25)22-18(26)14-11-30-20(23-14)15-5-4-8-29-15/h4-5,8,11-13,17H,3,6-7,9-10H2,1-2H3,(H,22,26)(H,24,27). The van der Waals surface area contributed by atoms with Crippen molar-refractivity contribution in [3.63, 3.8) is 0 Å². The molecule has 7 nitrogen and oxygen atoms in total. The Kier molecular flexibility index (Phi) is 6.04. The van der Waals surface area contributed by atoms with E-state index in [1.165, 1.54) is 11.3 Å². The van der Waals surface area contributed by atoms with Gasteiger partial charge in [-0.15, -0.1) is 22.7 Å². The molecule has 3 unspecified atom stereocenters. The average Bonchev–Trinajstić information content (AvgIpc) is 3.47. The molecule has 30 heavy (non-hydrogen) atoms. The van der Waals surface area contributed by atoms with Gasteiger partial charge in [-0.25, -0.2) is 4.98 Å². The number of nitrogens with zero attached hydrogens (tertiary/aromatic N) is 1. The number of Topliss-reactive ketones (excluding diaryl/α,β-unsaturated/α-hetero) is 1. The lowest BCUT2D eigenvalue weighted by molar-refractivity contribution is -0.131. The molecule has 2 fully saturated rings. The average molecular weight is 448 g/mol. The Hall–Kier alpha value is -2.10. The zero-order valence-electron chi connectivity index (χ0n) is 17.0. The van der Waals surface area contributed by atoms with Gasteiger partial charge >= 0.3 is 0 Å². The van der Waals surface area contributed by atoms with Crippen LogP contribution in [0.1, 0.15) is 50.0 Å². The van der Waals surface area contributed by atoms with Gasteiger partial charge in [0.25, 0.3) is 5.91 Å². The molecule has 1 aliphatic carbocycles. The summed E-state index contributed by atoms with van der Waals surface area (Å²) in [6, 6.07) is 3.15. The van der Waals surface area contributed by atoms with Gasteiger partial charge in [0.05, 0.1) is 11.0 Å². The number of carbonyl (C=O) groups excluding carboxylic acids is 3. The van der Waals surface area contributed by atoms with E-state index >= 15 is 0 Å². The van der Waals surface area contributed by atoms with Gasteiger partial charge in [0.2, 0.25) is 5.91 Å². The number of aromatic nitrogens is 1. The molecule has 0 aromatic carbocycles. The molecule has 2 aromatic rings. The Morgan fingerprint density at radius 1 is 1.37 bits per heavy atom. The SMILES string of the molecule is CC(C)CC(NC(=O)c1csc(-c2cccs2)n1)C(=O)NC12CCCC1OCC2=O. The number of rotatable bonds is 7. The monoisotopic (exact) mass is 447 g/mol. The van der Waals surface area contributed by atoms with E-state index in [0.717, 1.165) is 22.7 Å². The summed E-state index contributed by atoms with van der Waals surface area (Å²) < 4.78 is 5.58. The van der Waals surface area contributed by atoms with E-state index in [2.05, 4.69) is 15.6 Å². The highest BCUT2D eigenvalue weighted by atomic mass is 32.1. The van der Waals surface area contributed by atoms with Crippen LogP contribution in [-0.4, -0.2) is 46.9 Å². The molecule has 160 valence electrons. The maximum absolute atomic E-state index is 13.1. The van der Waals surface area contributed by atoms with Crippen LogP contribution in [-0.2, 0) is 14.3 Å². The summed E-state index contributed by atoms with van der Waals surface area (Å²) in [5, 5.41) is 10.2. The van der Waals surface area contributed by atoms with Gasteiger partial charge in [-0.05, 0) is 43.0 Å². The number of ketones is 1. The molecule has 0 spiro atoms. The summed E-state index contributed by atoms with van der Waals surface area (Å²) in [6.07, 6.45) is 2.38. The number of hydrogen-bond acceptors (Lipinski definition) is 7. The summed E-state index contributed by atoms with van der Waals surface area (Å²) in [5.74, 6) is -0.612. The highest BCUT2D eigenvalue weighted by molar-refractivity contribution is 7.20. The van der Waals surface area contributed by atoms with Crippen LogP contribution >= 0.6 is 22.7 Å². The number of amides is 2. The van der Waals surface area contributed by atoms with Crippen molar-refractivity contribution < 1.29 is 19.1 Å². The second-order valence-corrected chi connectivity index (χ2v) is 10.1. The second kappa shape index (κ2) is 8.56. The maximum atomic E-state index is 13.1. The molecule has 2 amide bonds. The number of thiophene rings is 1. The fraction of sp³-hybridized carbons (Fsp3) is 0.524. The van der Waals surface area contributed by atoms with E-state index in [1.807, 2.05) is 31.4 Å². The molecule has 1 saturated heterocycles. The molecule has 2 N–H and O–H groups in total. The normalized spacial score (nSPS) is 24.1. The van der Waals surface area contributed by atoms with Crippen LogP contribution in [0.25, 0.3) is 9.88 Å². The van der Waals surface area contributed by atoms with Gasteiger partial charge in [-0.1, -0.05) is 19.9 Å². The second-order valence-electron chi connectivity index (χ2n) is 8.25. The fourth-order valence-electron chi connectivity index (χ4n) is 4.17. The van der Waals surface area contributed by atoms with Crippen molar-refractivity contribution in [3.05, 3.63) is 28.6 Å². The number of hydrogen-bond donors (Lipinski definition) is 2. The number of nitrogens with one attached hydrogen (secondary N) is 2. The largest absolute Gasteiger partial charge is 0.367 e. The summed E-state index contributed by atoms with van der Waals surface area (Å²) in [4.78, 5) is 43.8. The van der Waals surface area contributed by atoms with Crippen molar-refractivity contribution in [2.24, 2.45) is 5.92 Å². The molecule has 3 heterocycles. The lowest BCUT2D eigenvalue weighted by Crippen LogP contribution is -2.60. The topological polar surface area (TPSA) is 97.4 Å². The maximum Gasteiger partial charge on any atom is 0.271 e. The Bertz CT molecular complexity index is 940. The van der Waals surface area contributed by atoms with Gasteiger partial charge in [-0.3, -0.25) is 14.4 Å². The Morgan fingerprint density at radius 2 is 2.20 bits per heavy atom. The lowest BCUT2D eigenvalue weighted by atomic mass is 9.91. The predicted octanol–water partition coefficient (Wildman–Crippen LogP) is 3.02. The summed E-state index contributed by atoms with van der Waals surface area (Å²) in [7, 11) is 0. The van der Waals surface area contributed by atoms with Crippen LogP contribution in [0, 0.1) is 5.92 Å². The van der Waals surface area contributed by atoms with Gasteiger partial charge in [0.1, 0.15) is 28.9 Å². The van der Waals surface area contributed by atoms with E-state index in [0.29, 0.717) is 18.5 Å². The first-order chi connectivity index (χ1) is 14.4. The summed E-state index contributed by atoms with van der Waals surface area (Å²) >= 11 is 2.96. The molecule has 0 bridgehead atoms. The smallest absolute Gasteiger partial charge is 0.271 e. The molecule has 1 saturated carbocycles. The van der Waals surface area contributed by atoms with Crippen LogP contribution in [0.15, 0.2) is 22.9 Å². The van der Waals surface area contributed by atoms with E-state index in [-0.39, 0.29) is 36.2 Å². The molecule has 4 rings (SSSR count). The highest BCUT2D eigenvalue weighted by Gasteiger charge is 2.55. The van der Waals surface area contributed by atoms with Crippen molar-refractivity contribution in [1.29, 1.82) is 0 Å². The first-order valence-electron chi connectivity index (χ1n) is 10.2. The van der Waals surface area contributed by atoms with Crippen LogP contribution < -0.4 is 10.6 Å².